The van der Waals surface area contributed by atoms with Crippen LogP contribution in [0.2, 0.25) is 0 Å². The van der Waals surface area contributed by atoms with Crippen molar-refractivity contribution in [3.8, 4) is 0 Å². The second kappa shape index (κ2) is 5.77. The summed E-state index contributed by atoms with van der Waals surface area (Å²) in [6, 6.07) is 7.86. The second-order valence-corrected chi connectivity index (χ2v) is 7.14. The molecule has 1 saturated carbocycles. The molecule has 2 rings (SSSR count). The molecule has 110 valence electrons. The molecule has 0 saturated heterocycles. The largest absolute Gasteiger partial charge is 0.345 e. The van der Waals surface area contributed by atoms with E-state index in [4.69, 9.17) is 11.6 Å². The Balaban J connectivity index is 2.26. The molecule has 0 radical (unpaired) electrons. The van der Waals surface area contributed by atoms with Gasteiger partial charge in [0, 0.05) is 11.4 Å². The summed E-state index contributed by atoms with van der Waals surface area (Å²) in [4.78, 5) is 12.7. The van der Waals surface area contributed by atoms with Crippen LogP contribution in [0.1, 0.15) is 62.4 Å². The van der Waals surface area contributed by atoms with Crippen LogP contribution < -0.4 is 5.32 Å². The normalized spacial score (nSPS) is 18.0. The first-order valence-electron chi connectivity index (χ1n) is 7.36. The first-order valence-corrected chi connectivity index (χ1v) is 7.89. The number of carbonyl (C=O) groups is 1. The first kappa shape index (κ1) is 15.4. The highest BCUT2D eigenvalue weighted by Crippen LogP contribution is 2.32. The molecule has 1 N–H and O–H groups in total. The maximum Gasteiger partial charge on any atom is 0.252 e. The van der Waals surface area contributed by atoms with Crippen molar-refractivity contribution in [1.29, 1.82) is 0 Å². The molecule has 20 heavy (non-hydrogen) atoms. The van der Waals surface area contributed by atoms with Gasteiger partial charge in [-0.2, -0.15) is 0 Å². The molecule has 1 aliphatic carbocycles. The fourth-order valence-corrected chi connectivity index (χ4v) is 3.32. The van der Waals surface area contributed by atoms with Gasteiger partial charge in [-0.1, -0.05) is 51.8 Å². The van der Waals surface area contributed by atoms with Gasteiger partial charge >= 0.3 is 0 Å². The quantitative estimate of drug-likeness (QED) is 0.829. The average Bonchev–Trinajstić information content (AvgIpc) is 2.87. The SMILES string of the molecule is CC(C)(C)c1ccccc1C(=O)NC1(CCl)CCCC1. The van der Waals surface area contributed by atoms with Crippen LogP contribution in [0.5, 0.6) is 0 Å². The van der Waals surface area contributed by atoms with E-state index in [1.807, 2.05) is 24.3 Å². The van der Waals surface area contributed by atoms with Crippen molar-refractivity contribution < 1.29 is 4.79 Å². The Morgan fingerprint density at radius 3 is 2.40 bits per heavy atom. The van der Waals surface area contributed by atoms with Crippen LogP contribution in [0, 0.1) is 0 Å². The van der Waals surface area contributed by atoms with E-state index in [9.17, 15) is 4.79 Å². The molecule has 1 aliphatic rings. The van der Waals surface area contributed by atoms with Gasteiger partial charge in [-0.05, 0) is 29.9 Å². The van der Waals surface area contributed by atoms with E-state index in [2.05, 4.69) is 26.1 Å². The van der Waals surface area contributed by atoms with Gasteiger partial charge in [0.2, 0.25) is 0 Å². The summed E-state index contributed by atoms with van der Waals surface area (Å²) >= 11 is 6.11. The van der Waals surface area contributed by atoms with E-state index in [1.54, 1.807) is 0 Å². The third-order valence-corrected chi connectivity index (χ3v) is 4.69. The summed E-state index contributed by atoms with van der Waals surface area (Å²) in [5, 5.41) is 3.20. The van der Waals surface area contributed by atoms with E-state index in [0.29, 0.717) is 5.88 Å². The molecule has 0 bridgehead atoms. The number of nitrogens with one attached hydrogen (secondary N) is 1. The molecular formula is C17H24ClNO. The Kier molecular flexibility index (Phi) is 4.43. The summed E-state index contributed by atoms with van der Waals surface area (Å²) in [6.45, 7) is 6.39. The standard InChI is InChI=1S/C17H24ClNO/c1-16(2,3)14-9-5-4-8-13(14)15(20)19-17(12-18)10-6-7-11-17/h4-5,8-9H,6-7,10-12H2,1-3H3,(H,19,20). The monoisotopic (exact) mass is 293 g/mol. The zero-order valence-electron chi connectivity index (χ0n) is 12.6. The summed E-state index contributed by atoms with van der Waals surface area (Å²) in [7, 11) is 0. The fraction of sp³-hybridized carbons (Fsp3) is 0.588. The number of alkyl halides is 1. The zero-order chi connectivity index (χ0) is 14.8. The van der Waals surface area contributed by atoms with E-state index < -0.39 is 0 Å². The molecule has 1 aromatic rings. The van der Waals surface area contributed by atoms with Crippen molar-refractivity contribution in [3.05, 3.63) is 35.4 Å². The van der Waals surface area contributed by atoms with Crippen molar-refractivity contribution in [2.45, 2.75) is 57.4 Å². The Bertz CT molecular complexity index is 484. The Hall–Kier alpha value is -1.02. The lowest BCUT2D eigenvalue weighted by Crippen LogP contribution is -2.48. The highest BCUT2D eigenvalue weighted by Gasteiger charge is 2.35. The molecule has 1 amide bonds. The minimum atomic E-state index is -0.205. The summed E-state index contributed by atoms with van der Waals surface area (Å²) in [6.07, 6.45) is 4.27. The lowest BCUT2D eigenvalue weighted by Gasteiger charge is -2.29. The predicted molar refractivity (Wildman–Crippen MR) is 84.5 cm³/mol. The number of hydrogen-bond donors (Lipinski definition) is 1. The Morgan fingerprint density at radius 2 is 1.85 bits per heavy atom. The van der Waals surface area contributed by atoms with Crippen LogP contribution in [-0.2, 0) is 5.41 Å². The third kappa shape index (κ3) is 3.17. The molecule has 1 aromatic carbocycles. The van der Waals surface area contributed by atoms with Crippen LogP contribution >= 0.6 is 11.6 Å². The molecule has 2 nitrogen and oxygen atoms in total. The average molecular weight is 294 g/mol. The minimum Gasteiger partial charge on any atom is -0.345 e. The second-order valence-electron chi connectivity index (χ2n) is 6.87. The molecule has 0 spiro atoms. The number of rotatable bonds is 3. The fourth-order valence-electron chi connectivity index (χ4n) is 2.99. The van der Waals surface area contributed by atoms with Crippen LogP contribution in [-0.4, -0.2) is 17.3 Å². The maximum absolute atomic E-state index is 12.7. The van der Waals surface area contributed by atoms with Gasteiger partial charge in [-0.15, -0.1) is 11.6 Å². The van der Waals surface area contributed by atoms with Crippen LogP contribution in [0.25, 0.3) is 0 Å². The van der Waals surface area contributed by atoms with E-state index in [-0.39, 0.29) is 16.9 Å². The molecule has 0 aliphatic heterocycles. The number of carbonyl (C=O) groups excluding carboxylic acids is 1. The van der Waals surface area contributed by atoms with Crippen molar-refractivity contribution in [3.63, 3.8) is 0 Å². The Labute approximate surface area is 126 Å². The van der Waals surface area contributed by atoms with Gasteiger partial charge in [-0.25, -0.2) is 0 Å². The van der Waals surface area contributed by atoms with Crippen molar-refractivity contribution in [2.24, 2.45) is 0 Å². The van der Waals surface area contributed by atoms with Gasteiger partial charge in [0.15, 0.2) is 0 Å². The zero-order valence-corrected chi connectivity index (χ0v) is 13.4. The Morgan fingerprint density at radius 1 is 1.25 bits per heavy atom. The van der Waals surface area contributed by atoms with Crippen LogP contribution in [0.15, 0.2) is 24.3 Å². The first-order chi connectivity index (χ1) is 9.38. The molecule has 1 fully saturated rings. The minimum absolute atomic E-state index is 0.0121. The lowest BCUT2D eigenvalue weighted by atomic mass is 9.83. The van der Waals surface area contributed by atoms with Crippen molar-refractivity contribution in [2.75, 3.05) is 5.88 Å². The number of hydrogen-bond acceptors (Lipinski definition) is 1. The van der Waals surface area contributed by atoms with E-state index >= 15 is 0 Å². The van der Waals surface area contributed by atoms with Gasteiger partial charge in [-0.3, -0.25) is 4.79 Å². The molecule has 0 heterocycles. The topological polar surface area (TPSA) is 29.1 Å². The highest BCUT2D eigenvalue weighted by molar-refractivity contribution is 6.19. The van der Waals surface area contributed by atoms with E-state index in [0.717, 1.165) is 36.8 Å². The molecule has 0 aromatic heterocycles. The molecule has 0 atom stereocenters. The molecular weight excluding hydrogens is 270 g/mol. The van der Waals surface area contributed by atoms with Gasteiger partial charge in [0.25, 0.3) is 5.91 Å². The van der Waals surface area contributed by atoms with Gasteiger partial charge in [0.1, 0.15) is 0 Å². The number of halogens is 1. The summed E-state index contributed by atoms with van der Waals surface area (Å²) in [5.74, 6) is 0.509. The number of benzene rings is 1. The van der Waals surface area contributed by atoms with Crippen molar-refractivity contribution in [1.82, 2.24) is 5.32 Å². The summed E-state index contributed by atoms with van der Waals surface area (Å²) in [5.41, 5.74) is 1.61. The lowest BCUT2D eigenvalue weighted by molar-refractivity contribution is 0.0907. The van der Waals surface area contributed by atoms with Crippen molar-refractivity contribution >= 4 is 17.5 Å². The van der Waals surface area contributed by atoms with Gasteiger partial charge in [0.05, 0.1) is 5.54 Å². The van der Waals surface area contributed by atoms with Crippen LogP contribution in [0.3, 0.4) is 0 Å². The number of amides is 1. The van der Waals surface area contributed by atoms with E-state index in [1.165, 1.54) is 0 Å². The molecule has 3 heteroatoms. The highest BCUT2D eigenvalue weighted by atomic mass is 35.5. The summed E-state index contributed by atoms with van der Waals surface area (Å²) < 4.78 is 0. The molecule has 0 unspecified atom stereocenters. The van der Waals surface area contributed by atoms with Gasteiger partial charge < -0.3 is 5.32 Å². The van der Waals surface area contributed by atoms with Crippen LogP contribution in [0.4, 0.5) is 0 Å². The third-order valence-electron chi connectivity index (χ3n) is 4.17. The smallest absolute Gasteiger partial charge is 0.252 e. The predicted octanol–water partition coefficient (Wildman–Crippen LogP) is 4.27. The maximum atomic E-state index is 12.7.